The van der Waals surface area contributed by atoms with Gasteiger partial charge in [-0.25, -0.2) is 0 Å². The summed E-state index contributed by atoms with van der Waals surface area (Å²) in [5, 5.41) is 2.96. The molecule has 6 rings (SSSR count). The fraction of sp³-hybridized carbons (Fsp3) is 0.471. The van der Waals surface area contributed by atoms with Crippen molar-refractivity contribution >= 4 is 11.8 Å². The SMILES string of the molecule is Cc1cccc(C2c3cc(OCc4ccc(C(=O)NCCN5CCCC5)o4)ccc3CCN2C(=O)C2CCCC2)c1. The first-order valence-electron chi connectivity index (χ1n) is 15.3. The first-order chi connectivity index (χ1) is 20.0. The minimum absolute atomic E-state index is 0.130. The summed E-state index contributed by atoms with van der Waals surface area (Å²) in [5.41, 5.74) is 4.71. The maximum Gasteiger partial charge on any atom is 0.287 e. The van der Waals surface area contributed by atoms with Gasteiger partial charge in [-0.3, -0.25) is 9.59 Å². The van der Waals surface area contributed by atoms with Crippen molar-refractivity contribution in [1.82, 2.24) is 15.1 Å². The van der Waals surface area contributed by atoms with Crippen LogP contribution in [0.15, 0.2) is 59.0 Å². The van der Waals surface area contributed by atoms with Crippen LogP contribution in [-0.4, -0.2) is 54.3 Å². The number of likely N-dealkylation sites (tertiary alicyclic amines) is 1. The van der Waals surface area contributed by atoms with Crippen molar-refractivity contribution in [3.05, 3.63) is 88.4 Å². The van der Waals surface area contributed by atoms with Crippen molar-refractivity contribution in [1.29, 1.82) is 0 Å². The van der Waals surface area contributed by atoms with E-state index in [2.05, 4.69) is 58.4 Å². The Balaban J connectivity index is 1.15. The summed E-state index contributed by atoms with van der Waals surface area (Å²) in [6.07, 6.45) is 7.59. The first-order valence-corrected chi connectivity index (χ1v) is 15.3. The van der Waals surface area contributed by atoms with Crippen LogP contribution in [-0.2, 0) is 17.8 Å². The molecule has 2 fully saturated rings. The second-order valence-electron chi connectivity index (χ2n) is 11.8. The van der Waals surface area contributed by atoms with E-state index in [-0.39, 0.29) is 30.4 Å². The second kappa shape index (κ2) is 12.5. The predicted octanol–water partition coefficient (Wildman–Crippen LogP) is 5.66. The number of furan rings is 1. The van der Waals surface area contributed by atoms with Crippen LogP contribution in [0.5, 0.6) is 5.75 Å². The zero-order valence-corrected chi connectivity index (χ0v) is 24.1. The van der Waals surface area contributed by atoms with Gasteiger partial charge in [-0.2, -0.15) is 0 Å². The Morgan fingerprint density at radius 3 is 2.61 bits per heavy atom. The number of ether oxygens (including phenoxy) is 1. The van der Waals surface area contributed by atoms with Crippen molar-refractivity contribution < 1.29 is 18.7 Å². The van der Waals surface area contributed by atoms with Crippen LogP contribution in [0.4, 0.5) is 0 Å². The number of hydrogen-bond acceptors (Lipinski definition) is 5. The van der Waals surface area contributed by atoms with Gasteiger partial charge in [0.1, 0.15) is 18.1 Å². The minimum atomic E-state index is -0.197. The van der Waals surface area contributed by atoms with Gasteiger partial charge in [-0.05, 0) is 93.1 Å². The summed E-state index contributed by atoms with van der Waals surface area (Å²) in [6.45, 7) is 6.76. The Morgan fingerprint density at radius 1 is 0.976 bits per heavy atom. The molecule has 0 radical (unpaired) electrons. The van der Waals surface area contributed by atoms with Crippen molar-refractivity contribution in [3.8, 4) is 5.75 Å². The van der Waals surface area contributed by atoms with E-state index >= 15 is 0 Å². The molecular weight excluding hydrogens is 514 g/mol. The van der Waals surface area contributed by atoms with E-state index in [1.165, 1.54) is 24.0 Å². The highest BCUT2D eigenvalue weighted by Gasteiger charge is 2.36. The Labute approximate surface area is 242 Å². The Kier molecular flexibility index (Phi) is 8.42. The average molecular weight is 556 g/mol. The number of amides is 2. The van der Waals surface area contributed by atoms with Crippen LogP contribution < -0.4 is 10.1 Å². The van der Waals surface area contributed by atoms with Gasteiger partial charge in [0.05, 0.1) is 6.04 Å². The molecule has 2 aliphatic heterocycles. The number of nitrogens with zero attached hydrogens (tertiary/aromatic N) is 2. The highest BCUT2D eigenvalue weighted by atomic mass is 16.5. The van der Waals surface area contributed by atoms with E-state index in [0.29, 0.717) is 18.1 Å². The highest BCUT2D eigenvalue weighted by molar-refractivity contribution is 5.91. The third-order valence-corrected chi connectivity index (χ3v) is 8.87. The lowest BCUT2D eigenvalue weighted by molar-refractivity contribution is -0.137. The topological polar surface area (TPSA) is 75.0 Å². The molecule has 3 aliphatic rings. The van der Waals surface area contributed by atoms with Crippen LogP contribution >= 0.6 is 0 Å². The van der Waals surface area contributed by atoms with Gasteiger partial charge in [0, 0.05) is 25.6 Å². The number of aryl methyl sites for hydroxylation is 1. The van der Waals surface area contributed by atoms with Crippen LogP contribution in [0.3, 0.4) is 0 Å². The summed E-state index contributed by atoms with van der Waals surface area (Å²) in [6, 6.07) is 18.1. The maximum absolute atomic E-state index is 13.7. The zero-order chi connectivity index (χ0) is 28.2. The molecule has 1 atom stereocenters. The van der Waals surface area contributed by atoms with Crippen molar-refractivity contribution in [2.75, 3.05) is 32.7 Å². The van der Waals surface area contributed by atoms with Gasteiger partial charge in [0.15, 0.2) is 5.76 Å². The number of hydrogen-bond donors (Lipinski definition) is 1. The Morgan fingerprint density at radius 2 is 1.80 bits per heavy atom. The molecule has 41 heavy (non-hydrogen) atoms. The minimum Gasteiger partial charge on any atom is -0.486 e. The molecular formula is C34H41N3O4. The molecule has 0 spiro atoms. The third-order valence-electron chi connectivity index (χ3n) is 8.87. The van der Waals surface area contributed by atoms with Gasteiger partial charge >= 0.3 is 0 Å². The molecule has 1 N–H and O–H groups in total. The number of carbonyl (C=O) groups excluding carboxylic acids is 2. The molecule has 1 saturated heterocycles. The van der Waals surface area contributed by atoms with Gasteiger partial charge in [0.2, 0.25) is 5.91 Å². The van der Waals surface area contributed by atoms with E-state index in [9.17, 15) is 9.59 Å². The van der Waals surface area contributed by atoms with Gasteiger partial charge < -0.3 is 24.3 Å². The Hall–Kier alpha value is -3.58. The number of benzene rings is 2. The fourth-order valence-corrected chi connectivity index (χ4v) is 6.68. The molecule has 1 aliphatic carbocycles. The molecule has 1 saturated carbocycles. The van der Waals surface area contributed by atoms with Gasteiger partial charge in [-0.1, -0.05) is 48.7 Å². The van der Waals surface area contributed by atoms with Crippen LogP contribution in [0.2, 0.25) is 0 Å². The van der Waals surface area contributed by atoms with Crippen LogP contribution in [0, 0.1) is 12.8 Å². The number of carbonyl (C=O) groups is 2. The van der Waals surface area contributed by atoms with Crippen molar-refractivity contribution in [3.63, 3.8) is 0 Å². The molecule has 7 heteroatoms. The van der Waals surface area contributed by atoms with Crippen molar-refractivity contribution in [2.24, 2.45) is 5.92 Å². The van der Waals surface area contributed by atoms with Gasteiger partial charge in [0.25, 0.3) is 5.91 Å². The predicted molar refractivity (Wildman–Crippen MR) is 158 cm³/mol. The molecule has 3 aromatic rings. The van der Waals surface area contributed by atoms with E-state index in [0.717, 1.165) is 75.2 Å². The Bertz CT molecular complexity index is 1370. The fourth-order valence-electron chi connectivity index (χ4n) is 6.68. The maximum atomic E-state index is 13.7. The highest BCUT2D eigenvalue weighted by Crippen LogP contribution is 2.40. The van der Waals surface area contributed by atoms with E-state index in [1.807, 2.05) is 6.07 Å². The molecule has 0 bridgehead atoms. The first kappa shape index (κ1) is 27.6. The van der Waals surface area contributed by atoms with Crippen LogP contribution in [0.25, 0.3) is 0 Å². The quantitative estimate of drug-likeness (QED) is 0.369. The van der Waals surface area contributed by atoms with E-state index in [4.69, 9.17) is 9.15 Å². The molecule has 1 aromatic heterocycles. The molecule has 2 amide bonds. The smallest absolute Gasteiger partial charge is 0.287 e. The summed E-state index contributed by atoms with van der Waals surface area (Å²) < 4.78 is 12.0. The second-order valence-corrected chi connectivity index (χ2v) is 11.8. The van der Waals surface area contributed by atoms with E-state index in [1.54, 1.807) is 12.1 Å². The largest absolute Gasteiger partial charge is 0.486 e. The zero-order valence-electron chi connectivity index (χ0n) is 24.1. The molecule has 216 valence electrons. The monoisotopic (exact) mass is 555 g/mol. The lowest BCUT2D eigenvalue weighted by Gasteiger charge is -2.39. The number of rotatable bonds is 9. The molecule has 7 nitrogen and oxygen atoms in total. The lowest BCUT2D eigenvalue weighted by Crippen LogP contribution is -2.43. The van der Waals surface area contributed by atoms with Gasteiger partial charge in [-0.15, -0.1) is 0 Å². The standard InChI is InChI=1S/C34H41N3O4/c1-24-7-6-10-27(21-24)32-30-22-28(12-11-25(30)15-19-37(32)34(39)26-8-2-3-9-26)40-23-29-13-14-31(41-29)33(38)35-16-20-36-17-4-5-18-36/h6-7,10-14,21-22,26,32H,2-5,8-9,15-20,23H2,1H3,(H,35,38). The number of nitrogens with one attached hydrogen (secondary N) is 1. The summed E-state index contributed by atoms with van der Waals surface area (Å²) in [5.74, 6) is 1.85. The lowest BCUT2D eigenvalue weighted by atomic mass is 9.86. The molecule has 2 aromatic carbocycles. The number of fused-ring (bicyclic) bond motifs is 1. The normalized spacial score (nSPS) is 19.3. The van der Waals surface area contributed by atoms with Crippen molar-refractivity contribution in [2.45, 2.75) is 64.5 Å². The summed E-state index contributed by atoms with van der Waals surface area (Å²) >= 11 is 0. The molecule has 3 heterocycles. The van der Waals surface area contributed by atoms with Crippen LogP contribution in [0.1, 0.15) is 83.1 Å². The average Bonchev–Trinajstić information content (AvgIpc) is 3.78. The van der Waals surface area contributed by atoms with E-state index < -0.39 is 0 Å². The summed E-state index contributed by atoms with van der Waals surface area (Å²) in [4.78, 5) is 30.7. The molecule has 1 unspecified atom stereocenters. The third kappa shape index (κ3) is 6.35. The summed E-state index contributed by atoms with van der Waals surface area (Å²) in [7, 11) is 0.